The van der Waals surface area contributed by atoms with Gasteiger partial charge in [0.05, 0.1) is 20.6 Å². The first-order valence-corrected chi connectivity index (χ1v) is 12.2. The van der Waals surface area contributed by atoms with Crippen molar-refractivity contribution in [1.29, 1.82) is 0 Å². The summed E-state index contributed by atoms with van der Waals surface area (Å²) in [6.07, 6.45) is 1.48. The number of rotatable bonds is 6. The third-order valence-electron chi connectivity index (χ3n) is 4.28. The van der Waals surface area contributed by atoms with Gasteiger partial charge in [-0.05, 0) is 42.5 Å². The minimum Gasteiger partial charge on any atom is -0.350 e. The maximum absolute atomic E-state index is 12.8. The Morgan fingerprint density at radius 2 is 1.66 bits per heavy atom. The summed E-state index contributed by atoms with van der Waals surface area (Å²) in [4.78, 5) is 30.1. The van der Waals surface area contributed by atoms with Crippen molar-refractivity contribution in [1.82, 2.24) is 4.98 Å². The first-order chi connectivity index (χ1) is 15.2. The summed E-state index contributed by atoms with van der Waals surface area (Å²) in [6.45, 7) is 0. The second kappa shape index (κ2) is 8.72. The Bertz CT molecular complexity index is 1360. The maximum atomic E-state index is 12.8. The lowest BCUT2D eigenvalue weighted by Crippen LogP contribution is -2.32. The average molecular weight is 530 g/mol. The number of amides is 2. The van der Waals surface area contributed by atoms with Crippen LogP contribution in [0.25, 0.3) is 0 Å². The van der Waals surface area contributed by atoms with Crippen molar-refractivity contribution >= 4 is 84.5 Å². The molecule has 3 aromatic rings. The van der Waals surface area contributed by atoms with Crippen molar-refractivity contribution < 1.29 is 18.0 Å². The molecule has 2 heterocycles. The van der Waals surface area contributed by atoms with Crippen LogP contribution in [-0.4, -0.2) is 25.2 Å². The molecule has 0 saturated heterocycles. The first kappa shape index (κ1) is 22.6. The SMILES string of the molecule is O=C1C(Cl)=C(Nc2ccc(S(=O)(=O)Nc3nccs3)cc2)C(=O)N1c1ccc(Cl)c(Cl)c1. The lowest BCUT2D eigenvalue weighted by Gasteiger charge is -2.15. The van der Waals surface area contributed by atoms with Crippen LogP contribution in [0.4, 0.5) is 16.5 Å². The summed E-state index contributed by atoms with van der Waals surface area (Å²) in [5, 5.41) is 4.78. The van der Waals surface area contributed by atoms with E-state index in [1.807, 2.05) is 0 Å². The molecule has 4 rings (SSSR count). The van der Waals surface area contributed by atoms with E-state index >= 15 is 0 Å². The fraction of sp³-hybridized carbons (Fsp3) is 0. The third kappa shape index (κ3) is 4.32. The molecule has 0 unspecified atom stereocenters. The van der Waals surface area contributed by atoms with Crippen LogP contribution < -0.4 is 14.9 Å². The molecule has 164 valence electrons. The molecule has 0 fully saturated rings. The Morgan fingerprint density at radius 1 is 0.938 bits per heavy atom. The van der Waals surface area contributed by atoms with Gasteiger partial charge < -0.3 is 5.32 Å². The minimum absolute atomic E-state index is 0.00964. The molecule has 2 N–H and O–H groups in total. The lowest BCUT2D eigenvalue weighted by atomic mass is 10.3. The number of carbonyl (C=O) groups is 2. The number of aromatic nitrogens is 1. The normalized spacial score (nSPS) is 14.3. The van der Waals surface area contributed by atoms with Crippen molar-refractivity contribution in [2.24, 2.45) is 0 Å². The Balaban J connectivity index is 1.54. The molecular formula is C19H11Cl3N4O4S2. The lowest BCUT2D eigenvalue weighted by molar-refractivity contribution is -0.120. The van der Waals surface area contributed by atoms with Crippen LogP contribution in [0.3, 0.4) is 0 Å². The highest BCUT2D eigenvalue weighted by atomic mass is 35.5. The fourth-order valence-electron chi connectivity index (χ4n) is 2.78. The number of hydrogen-bond acceptors (Lipinski definition) is 7. The number of thiazole rings is 1. The highest BCUT2D eigenvalue weighted by Gasteiger charge is 2.39. The number of nitrogens with zero attached hydrogens (tertiary/aromatic N) is 2. The Hall–Kier alpha value is -2.63. The average Bonchev–Trinajstić information content (AvgIpc) is 3.33. The van der Waals surface area contributed by atoms with Crippen LogP contribution in [0.15, 0.2) is 69.7 Å². The van der Waals surface area contributed by atoms with Crippen molar-refractivity contribution in [3.63, 3.8) is 0 Å². The van der Waals surface area contributed by atoms with E-state index in [4.69, 9.17) is 34.8 Å². The standard InChI is InChI=1S/C19H11Cl3N4O4S2/c20-13-6-3-11(9-14(13)21)26-17(27)15(22)16(18(26)28)24-10-1-4-12(5-2-10)32(29,30)25-19-23-7-8-31-19/h1-9,24H,(H,23,25). The number of anilines is 3. The molecule has 0 saturated carbocycles. The molecule has 1 aromatic heterocycles. The predicted molar refractivity (Wildman–Crippen MR) is 125 cm³/mol. The van der Waals surface area contributed by atoms with E-state index in [9.17, 15) is 18.0 Å². The Morgan fingerprint density at radius 3 is 2.28 bits per heavy atom. The summed E-state index contributed by atoms with van der Waals surface area (Å²) in [6, 6.07) is 9.85. The van der Waals surface area contributed by atoms with Crippen molar-refractivity contribution in [2.45, 2.75) is 4.90 Å². The quantitative estimate of drug-likeness (QED) is 0.449. The molecule has 13 heteroatoms. The van der Waals surface area contributed by atoms with E-state index in [2.05, 4.69) is 15.0 Å². The maximum Gasteiger partial charge on any atom is 0.283 e. The van der Waals surface area contributed by atoms with Crippen LogP contribution in [0.1, 0.15) is 0 Å². The molecule has 8 nitrogen and oxygen atoms in total. The van der Waals surface area contributed by atoms with E-state index in [0.29, 0.717) is 5.69 Å². The number of nitrogens with one attached hydrogen (secondary N) is 2. The number of imide groups is 1. The van der Waals surface area contributed by atoms with Crippen LogP contribution >= 0.6 is 46.1 Å². The van der Waals surface area contributed by atoms with Gasteiger partial charge in [-0.2, -0.15) is 0 Å². The second-order valence-corrected chi connectivity index (χ2v) is 10.1. The fourth-order valence-corrected chi connectivity index (χ4v) is 5.07. The third-order valence-corrected chi connectivity index (χ3v) is 7.54. The largest absolute Gasteiger partial charge is 0.350 e. The van der Waals surface area contributed by atoms with E-state index in [1.54, 1.807) is 5.38 Å². The number of halogens is 3. The monoisotopic (exact) mass is 528 g/mol. The van der Waals surface area contributed by atoms with Gasteiger partial charge in [0.15, 0.2) is 5.13 Å². The summed E-state index contributed by atoms with van der Waals surface area (Å²) in [7, 11) is -3.83. The van der Waals surface area contributed by atoms with Crippen LogP contribution in [0, 0.1) is 0 Å². The number of carbonyl (C=O) groups excluding carboxylic acids is 2. The van der Waals surface area contributed by atoms with Gasteiger partial charge in [-0.25, -0.2) is 18.3 Å². The van der Waals surface area contributed by atoms with Crippen LogP contribution in [-0.2, 0) is 19.6 Å². The topological polar surface area (TPSA) is 108 Å². The van der Waals surface area contributed by atoms with E-state index < -0.39 is 21.8 Å². The number of sulfonamides is 1. The number of hydrogen-bond donors (Lipinski definition) is 2. The summed E-state index contributed by atoms with van der Waals surface area (Å²) in [5.74, 6) is -1.43. The first-order valence-electron chi connectivity index (χ1n) is 8.70. The zero-order valence-corrected chi connectivity index (χ0v) is 19.6. The highest BCUT2D eigenvalue weighted by Crippen LogP contribution is 2.33. The van der Waals surface area contributed by atoms with Crippen LogP contribution in [0.2, 0.25) is 10.0 Å². The molecule has 1 aliphatic rings. The zero-order chi connectivity index (χ0) is 23.0. The zero-order valence-electron chi connectivity index (χ0n) is 15.7. The van der Waals surface area contributed by atoms with Gasteiger partial charge in [0, 0.05) is 17.3 Å². The minimum atomic E-state index is -3.83. The van der Waals surface area contributed by atoms with Crippen molar-refractivity contribution in [3.05, 3.63) is 74.8 Å². The summed E-state index contributed by atoms with van der Waals surface area (Å²) in [5.41, 5.74) is 0.404. The molecule has 32 heavy (non-hydrogen) atoms. The van der Waals surface area contributed by atoms with Gasteiger partial charge in [0.25, 0.3) is 21.8 Å². The summed E-state index contributed by atoms with van der Waals surface area (Å²) < 4.78 is 27.2. The van der Waals surface area contributed by atoms with Crippen molar-refractivity contribution in [3.8, 4) is 0 Å². The molecule has 0 bridgehead atoms. The summed E-state index contributed by atoms with van der Waals surface area (Å²) >= 11 is 19.1. The molecule has 0 aliphatic carbocycles. The molecule has 0 spiro atoms. The van der Waals surface area contributed by atoms with Gasteiger partial charge in [0.2, 0.25) is 0 Å². The van der Waals surface area contributed by atoms with Gasteiger partial charge in [-0.3, -0.25) is 14.3 Å². The van der Waals surface area contributed by atoms with E-state index in [-0.39, 0.29) is 36.5 Å². The van der Waals surface area contributed by atoms with Crippen LogP contribution in [0.5, 0.6) is 0 Å². The van der Waals surface area contributed by atoms with Gasteiger partial charge in [-0.15, -0.1) is 11.3 Å². The van der Waals surface area contributed by atoms with Crippen molar-refractivity contribution in [2.75, 3.05) is 14.9 Å². The molecule has 2 aromatic carbocycles. The Labute approximate surface area is 201 Å². The van der Waals surface area contributed by atoms with E-state index in [1.165, 1.54) is 48.7 Å². The van der Waals surface area contributed by atoms with Gasteiger partial charge >= 0.3 is 0 Å². The molecular weight excluding hydrogens is 519 g/mol. The molecule has 0 radical (unpaired) electrons. The smallest absolute Gasteiger partial charge is 0.283 e. The van der Waals surface area contributed by atoms with Gasteiger partial charge in [-0.1, -0.05) is 34.8 Å². The number of benzene rings is 2. The van der Waals surface area contributed by atoms with Gasteiger partial charge in [0.1, 0.15) is 10.7 Å². The predicted octanol–water partition coefficient (Wildman–Crippen LogP) is 4.69. The molecule has 2 amide bonds. The van der Waals surface area contributed by atoms with E-state index in [0.717, 1.165) is 16.2 Å². The Kier molecular flexibility index (Phi) is 6.15. The second-order valence-electron chi connectivity index (χ2n) is 6.33. The molecule has 0 atom stereocenters. The highest BCUT2D eigenvalue weighted by molar-refractivity contribution is 7.93. The molecule has 1 aliphatic heterocycles.